The van der Waals surface area contributed by atoms with Gasteiger partial charge in [-0.15, -0.1) is 11.3 Å². The van der Waals surface area contributed by atoms with Crippen molar-refractivity contribution in [1.82, 2.24) is 29.5 Å². The lowest BCUT2D eigenvalue weighted by Gasteiger charge is -2.21. The number of hydrogen-bond donors (Lipinski definition) is 0. The zero-order chi connectivity index (χ0) is 16.6. The van der Waals surface area contributed by atoms with Crippen molar-refractivity contribution in [2.24, 2.45) is 0 Å². The average molecular weight is 330 g/mol. The molecule has 0 unspecified atom stereocenters. The molecule has 0 fully saturated rings. The molecule has 1 amide bonds. The maximum absolute atomic E-state index is 12.7. The lowest BCUT2D eigenvalue weighted by Crippen LogP contribution is -2.28. The molecule has 0 spiro atoms. The van der Waals surface area contributed by atoms with Crippen LogP contribution in [0.15, 0.2) is 23.3 Å². The third-order valence-electron chi connectivity index (χ3n) is 3.47. The van der Waals surface area contributed by atoms with Crippen LogP contribution in [0.3, 0.4) is 0 Å². The quantitative estimate of drug-likeness (QED) is 0.735. The summed E-state index contributed by atoms with van der Waals surface area (Å²) >= 11 is 1.51. The molecule has 3 rings (SSSR count). The van der Waals surface area contributed by atoms with Crippen LogP contribution >= 0.6 is 11.3 Å². The molecule has 3 aromatic rings. The second kappa shape index (κ2) is 5.69. The van der Waals surface area contributed by atoms with Crippen LogP contribution in [0.1, 0.15) is 42.6 Å². The van der Waals surface area contributed by atoms with E-state index in [9.17, 15) is 4.79 Å². The Kier molecular flexibility index (Phi) is 3.85. The standard InChI is InChI=1S/C15H18N6OS/c1-15(2,3)12-5-11(19-14-16-8-18-21(12)14)13(22)20(4)6-10-7-23-9-17-10/h5,7-9H,6H2,1-4H3. The number of thiazole rings is 1. The van der Waals surface area contributed by atoms with Crippen molar-refractivity contribution >= 4 is 23.0 Å². The molecule has 0 saturated heterocycles. The van der Waals surface area contributed by atoms with Crippen LogP contribution in [-0.4, -0.2) is 42.4 Å². The summed E-state index contributed by atoms with van der Waals surface area (Å²) in [4.78, 5) is 27.0. The maximum Gasteiger partial charge on any atom is 0.272 e. The normalized spacial score (nSPS) is 11.8. The predicted molar refractivity (Wildman–Crippen MR) is 87.4 cm³/mol. The van der Waals surface area contributed by atoms with Gasteiger partial charge in [0.25, 0.3) is 11.7 Å². The Labute approximate surface area is 138 Å². The highest BCUT2D eigenvalue weighted by Crippen LogP contribution is 2.23. The van der Waals surface area contributed by atoms with E-state index < -0.39 is 0 Å². The Morgan fingerprint density at radius 1 is 1.35 bits per heavy atom. The van der Waals surface area contributed by atoms with Crippen LogP contribution < -0.4 is 0 Å². The van der Waals surface area contributed by atoms with E-state index in [2.05, 4.69) is 40.8 Å². The van der Waals surface area contributed by atoms with Gasteiger partial charge in [0, 0.05) is 17.8 Å². The fourth-order valence-corrected chi connectivity index (χ4v) is 2.83. The molecule has 0 aliphatic carbocycles. The van der Waals surface area contributed by atoms with Crippen molar-refractivity contribution in [3.63, 3.8) is 0 Å². The monoisotopic (exact) mass is 330 g/mol. The van der Waals surface area contributed by atoms with Crippen LogP contribution in [-0.2, 0) is 12.0 Å². The van der Waals surface area contributed by atoms with Gasteiger partial charge in [-0.1, -0.05) is 20.8 Å². The molecule has 0 aliphatic rings. The first-order valence-electron chi connectivity index (χ1n) is 7.20. The van der Waals surface area contributed by atoms with E-state index >= 15 is 0 Å². The topological polar surface area (TPSA) is 76.3 Å². The highest BCUT2D eigenvalue weighted by atomic mass is 32.1. The molecular formula is C15H18N6OS. The highest BCUT2D eigenvalue weighted by Gasteiger charge is 2.23. The Bertz CT molecular complexity index is 833. The molecule has 0 saturated carbocycles. The zero-order valence-electron chi connectivity index (χ0n) is 13.5. The van der Waals surface area contributed by atoms with E-state index in [0.717, 1.165) is 11.4 Å². The van der Waals surface area contributed by atoms with E-state index in [1.165, 1.54) is 17.7 Å². The van der Waals surface area contributed by atoms with Crippen LogP contribution in [0.25, 0.3) is 5.78 Å². The summed E-state index contributed by atoms with van der Waals surface area (Å²) in [6.45, 7) is 6.65. The lowest BCUT2D eigenvalue weighted by molar-refractivity contribution is 0.0777. The molecule has 120 valence electrons. The number of carbonyl (C=O) groups is 1. The Morgan fingerprint density at radius 3 is 2.78 bits per heavy atom. The molecule has 0 aliphatic heterocycles. The Hall–Kier alpha value is -2.35. The highest BCUT2D eigenvalue weighted by molar-refractivity contribution is 7.07. The summed E-state index contributed by atoms with van der Waals surface area (Å²) < 4.78 is 1.68. The Morgan fingerprint density at radius 2 is 2.13 bits per heavy atom. The van der Waals surface area contributed by atoms with Gasteiger partial charge in [-0.2, -0.15) is 10.1 Å². The minimum absolute atomic E-state index is 0.158. The van der Waals surface area contributed by atoms with Gasteiger partial charge in [-0.25, -0.2) is 14.5 Å². The molecule has 0 bridgehead atoms. The van der Waals surface area contributed by atoms with Crippen LogP contribution in [0, 0.1) is 0 Å². The second-order valence-electron chi connectivity index (χ2n) is 6.39. The van der Waals surface area contributed by atoms with Gasteiger partial charge in [0.15, 0.2) is 0 Å². The van der Waals surface area contributed by atoms with Crippen molar-refractivity contribution in [2.75, 3.05) is 7.05 Å². The van der Waals surface area contributed by atoms with Gasteiger partial charge in [0.1, 0.15) is 12.0 Å². The van der Waals surface area contributed by atoms with Crippen molar-refractivity contribution in [2.45, 2.75) is 32.7 Å². The molecule has 0 N–H and O–H groups in total. The van der Waals surface area contributed by atoms with Crippen molar-refractivity contribution in [1.29, 1.82) is 0 Å². The van der Waals surface area contributed by atoms with E-state index in [1.54, 1.807) is 28.0 Å². The summed E-state index contributed by atoms with van der Waals surface area (Å²) in [6, 6.07) is 1.79. The molecule has 8 heteroatoms. The van der Waals surface area contributed by atoms with E-state index in [-0.39, 0.29) is 11.3 Å². The third kappa shape index (κ3) is 3.07. The van der Waals surface area contributed by atoms with Crippen molar-refractivity contribution in [3.8, 4) is 0 Å². The van der Waals surface area contributed by atoms with Gasteiger partial charge in [-0.05, 0) is 6.07 Å². The van der Waals surface area contributed by atoms with Crippen LogP contribution in [0.5, 0.6) is 0 Å². The van der Waals surface area contributed by atoms with Gasteiger partial charge in [-0.3, -0.25) is 4.79 Å². The Balaban J connectivity index is 1.97. The molecule has 3 aromatic heterocycles. The fourth-order valence-electron chi connectivity index (χ4n) is 2.28. The largest absolute Gasteiger partial charge is 0.334 e. The number of aromatic nitrogens is 5. The van der Waals surface area contributed by atoms with Crippen LogP contribution in [0.4, 0.5) is 0 Å². The van der Waals surface area contributed by atoms with E-state index in [4.69, 9.17) is 0 Å². The molecule has 0 radical (unpaired) electrons. The van der Waals surface area contributed by atoms with Gasteiger partial charge in [0.2, 0.25) is 0 Å². The fraction of sp³-hybridized carbons (Fsp3) is 0.400. The summed E-state index contributed by atoms with van der Waals surface area (Å²) in [5.41, 5.74) is 3.70. The smallest absolute Gasteiger partial charge is 0.272 e. The third-order valence-corrected chi connectivity index (χ3v) is 4.10. The maximum atomic E-state index is 12.7. The molecule has 7 nitrogen and oxygen atoms in total. The number of nitrogens with zero attached hydrogens (tertiary/aromatic N) is 6. The van der Waals surface area contributed by atoms with Gasteiger partial charge in [0.05, 0.1) is 23.4 Å². The van der Waals surface area contributed by atoms with Crippen molar-refractivity contribution in [3.05, 3.63) is 40.4 Å². The summed E-state index contributed by atoms with van der Waals surface area (Å²) in [5.74, 6) is 0.275. The van der Waals surface area contributed by atoms with E-state index in [1.807, 2.05) is 5.38 Å². The molecule has 3 heterocycles. The summed E-state index contributed by atoms with van der Waals surface area (Å²) in [6.07, 6.45) is 1.45. The summed E-state index contributed by atoms with van der Waals surface area (Å²) in [7, 11) is 1.74. The second-order valence-corrected chi connectivity index (χ2v) is 7.11. The summed E-state index contributed by atoms with van der Waals surface area (Å²) in [5, 5.41) is 6.13. The first kappa shape index (κ1) is 15.5. The molecule has 23 heavy (non-hydrogen) atoms. The number of fused-ring (bicyclic) bond motifs is 1. The van der Waals surface area contributed by atoms with E-state index in [0.29, 0.717) is 18.0 Å². The zero-order valence-corrected chi connectivity index (χ0v) is 14.3. The molecule has 0 aromatic carbocycles. The SMILES string of the molecule is CN(Cc1cscn1)C(=O)c1cc(C(C)(C)C)n2ncnc2n1. The minimum atomic E-state index is -0.183. The van der Waals surface area contributed by atoms with Crippen LogP contribution in [0.2, 0.25) is 0 Å². The molecular weight excluding hydrogens is 312 g/mol. The lowest BCUT2D eigenvalue weighted by atomic mass is 9.91. The van der Waals surface area contributed by atoms with Crippen molar-refractivity contribution < 1.29 is 4.79 Å². The minimum Gasteiger partial charge on any atom is -0.334 e. The number of rotatable bonds is 3. The number of carbonyl (C=O) groups excluding carboxylic acids is 1. The van der Waals surface area contributed by atoms with Gasteiger partial charge < -0.3 is 4.90 Å². The first-order valence-corrected chi connectivity index (χ1v) is 8.14. The number of amides is 1. The average Bonchev–Trinajstić information content (AvgIpc) is 3.14. The predicted octanol–water partition coefficient (Wildman–Crippen LogP) is 2.15. The number of hydrogen-bond acceptors (Lipinski definition) is 6. The first-order chi connectivity index (χ1) is 10.9. The van der Waals surface area contributed by atoms with Gasteiger partial charge >= 0.3 is 0 Å². The molecule has 0 atom stereocenters.